The highest BCUT2D eigenvalue weighted by atomic mass is 16.7. The molecule has 200 valence electrons. The van der Waals surface area contributed by atoms with Crippen LogP contribution in [0.2, 0.25) is 0 Å². The first-order chi connectivity index (χ1) is 17.4. The summed E-state index contributed by atoms with van der Waals surface area (Å²) in [7, 11) is 4.35. The summed E-state index contributed by atoms with van der Waals surface area (Å²) in [6.45, 7) is 7.92. The van der Waals surface area contributed by atoms with Crippen LogP contribution in [0.25, 0.3) is 0 Å². The summed E-state index contributed by atoms with van der Waals surface area (Å²) >= 11 is 0. The van der Waals surface area contributed by atoms with Crippen LogP contribution in [0.3, 0.4) is 0 Å². The zero-order valence-electron chi connectivity index (χ0n) is 23.5. The van der Waals surface area contributed by atoms with E-state index in [1.165, 1.54) is 56.1 Å². The standard InChI is InChI=1S/C32H50NO3/c1-6-9-10-11-12-13-15-19-27-22-18-23-30(24-27)35-31(8-3)36-32(34)29(7-2)26-33(4,5)25-28-20-16-14-17-21-28/h14,16-18,20-24,29,31H,6-13,15,19,25-26H2,1-5H3/q+1. The molecule has 0 saturated carbocycles. The highest BCUT2D eigenvalue weighted by Gasteiger charge is 2.29. The number of esters is 1. The summed E-state index contributed by atoms with van der Waals surface area (Å²) in [5.41, 5.74) is 2.56. The highest BCUT2D eigenvalue weighted by molar-refractivity contribution is 5.72. The third-order valence-corrected chi connectivity index (χ3v) is 6.81. The molecule has 0 N–H and O–H groups in total. The van der Waals surface area contributed by atoms with Crippen LogP contribution in [0.1, 0.15) is 89.7 Å². The van der Waals surface area contributed by atoms with Gasteiger partial charge in [-0.3, -0.25) is 4.79 Å². The monoisotopic (exact) mass is 496 g/mol. The molecule has 2 unspecified atom stereocenters. The minimum atomic E-state index is -0.565. The largest absolute Gasteiger partial charge is 0.455 e. The fourth-order valence-electron chi connectivity index (χ4n) is 4.74. The third kappa shape index (κ3) is 11.6. The molecule has 0 amide bonds. The van der Waals surface area contributed by atoms with Crippen LogP contribution in [0, 0.1) is 5.92 Å². The number of ether oxygens (including phenoxy) is 2. The molecule has 36 heavy (non-hydrogen) atoms. The molecule has 0 fully saturated rings. The lowest BCUT2D eigenvalue weighted by Gasteiger charge is -2.33. The van der Waals surface area contributed by atoms with Crippen molar-refractivity contribution in [1.29, 1.82) is 0 Å². The van der Waals surface area contributed by atoms with Gasteiger partial charge in [0, 0.05) is 12.0 Å². The molecule has 0 aliphatic rings. The molecule has 2 aromatic carbocycles. The van der Waals surface area contributed by atoms with Gasteiger partial charge in [0.15, 0.2) is 0 Å². The fraction of sp³-hybridized carbons (Fsp3) is 0.594. The van der Waals surface area contributed by atoms with E-state index in [9.17, 15) is 4.79 Å². The Bertz CT molecular complexity index is 865. The van der Waals surface area contributed by atoms with Gasteiger partial charge in [-0.1, -0.05) is 102 Å². The number of hydrogen-bond acceptors (Lipinski definition) is 3. The Labute approximate surface area is 220 Å². The molecule has 0 heterocycles. The van der Waals surface area contributed by atoms with Gasteiger partial charge in [0.1, 0.15) is 18.2 Å². The van der Waals surface area contributed by atoms with Gasteiger partial charge in [-0.15, -0.1) is 0 Å². The van der Waals surface area contributed by atoms with Crippen molar-refractivity contribution >= 4 is 5.97 Å². The SMILES string of the molecule is CCCCCCCCCc1cccc(OC(CC)OC(=O)C(CC)C[N+](C)(C)Cc2ccccc2)c1. The topological polar surface area (TPSA) is 35.5 Å². The van der Waals surface area contributed by atoms with Gasteiger partial charge in [-0.05, 0) is 37.0 Å². The zero-order valence-corrected chi connectivity index (χ0v) is 23.5. The normalized spacial score (nSPS) is 13.2. The molecule has 4 nitrogen and oxygen atoms in total. The molecule has 0 saturated heterocycles. The molecule has 0 aromatic heterocycles. The molecular weight excluding hydrogens is 446 g/mol. The van der Waals surface area contributed by atoms with Gasteiger partial charge >= 0.3 is 5.97 Å². The molecule has 2 atom stereocenters. The van der Waals surface area contributed by atoms with Gasteiger partial charge in [-0.25, -0.2) is 0 Å². The molecule has 4 heteroatoms. The predicted octanol–water partition coefficient (Wildman–Crippen LogP) is 7.94. The van der Waals surface area contributed by atoms with Crippen molar-refractivity contribution in [3.8, 4) is 5.75 Å². The van der Waals surface area contributed by atoms with E-state index in [1.54, 1.807) is 0 Å². The summed E-state index contributed by atoms with van der Waals surface area (Å²) in [6.07, 6.45) is 11.0. The Hall–Kier alpha value is -2.33. The minimum Gasteiger partial charge on any atom is -0.455 e. The average molecular weight is 497 g/mol. The maximum atomic E-state index is 13.1. The van der Waals surface area contributed by atoms with E-state index in [-0.39, 0.29) is 11.9 Å². The molecule has 0 radical (unpaired) electrons. The maximum absolute atomic E-state index is 13.1. The quantitative estimate of drug-likeness (QED) is 0.0909. The Balaban J connectivity index is 1.85. The zero-order chi connectivity index (χ0) is 26.2. The molecule has 0 spiro atoms. The first kappa shape index (κ1) is 29.9. The lowest BCUT2D eigenvalue weighted by molar-refractivity contribution is -0.906. The van der Waals surface area contributed by atoms with Gasteiger partial charge < -0.3 is 14.0 Å². The second kappa shape index (κ2) is 16.4. The van der Waals surface area contributed by atoms with E-state index in [2.05, 4.69) is 64.3 Å². The van der Waals surface area contributed by atoms with Crippen LogP contribution in [-0.4, -0.2) is 37.4 Å². The number of hydrogen-bond donors (Lipinski definition) is 0. The number of unbranched alkanes of at least 4 members (excludes halogenated alkanes) is 6. The Morgan fingerprint density at radius 3 is 2.14 bits per heavy atom. The van der Waals surface area contributed by atoms with Gasteiger partial charge in [0.25, 0.3) is 0 Å². The summed E-state index contributed by atoms with van der Waals surface area (Å²) < 4.78 is 12.7. The van der Waals surface area contributed by atoms with Crippen LogP contribution in [0.15, 0.2) is 54.6 Å². The molecule has 2 aromatic rings. The summed E-state index contributed by atoms with van der Waals surface area (Å²) in [4.78, 5) is 13.1. The Morgan fingerprint density at radius 1 is 0.806 bits per heavy atom. The summed E-state index contributed by atoms with van der Waals surface area (Å²) in [6, 6.07) is 18.7. The molecule has 0 aliphatic heterocycles. The number of quaternary nitrogens is 1. The first-order valence-corrected chi connectivity index (χ1v) is 14.2. The van der Waals surface area contributed by atoms with Gasteiger partial charge in [-0.2, -0.15) is 0 Å². The van der Waals surface area contributed by atoms with E-state index >= 15 is 0 Å². The lowest BCUT2D eigenvalue weighted by atomic mass is 10.0. The minimum absolute atomic E-state index is 0.162. The average Bonchev–Trinajstić information content (AvgIpc) is 2.87. The van der Waals surface area contributed by atoms with Crippen LogP contribution >= 0.6 is 0 Å². The predicted molar refractivity (Wildman–Crippen MR) is 150 cm³/mol. The second-order valence-corrected chi connectivity index (χ2v) is 10.8. The van der Waals surface area contributed by atoms with Crippen molar-refractivity contribution in [3.63, 3.8) is 0 Å². The number of nitrogens with zero attached hydrogens (tertiary/aromatic N) is 1. The third-order valence-electron chi connectivity index (χ3n) is 6.81. The molecule has 0 aliphatic carbocycles. The van der Waals surface area contributed by atoms with E-state index in [1.807, 2.05) is 25.1 Å². The van der Waals surface area contributed by atoms with Crippen LogP contribution in [-0.2, 0) is 22.5 Å². The Kier molecular flexibility index (Phi) is 13.6. The van der Waals surface area contributed by atoms with Crippen LogP contribution in [0.5, 0.6) is 5.75 Å². The van der Waals surface area contributed by atoms with Crippen molar-refractivity contribution in [2.75, 3.05) is 20.6 Å². The smallest absolute Gasteiger partial charge is 0.317 e. The summed E-state index contributed by atoms with van der Waals surface area (Å²) in [5.74, 6) is 0.455. The van der Waals surface area contributed by atoms with Crippen molar-refractivity contribution in [1.82, 2.24) is 0 Å². The Morgan fingerprint density at radius 2 is 1.47 bits per heavy atom. The lowest BCUT2D eigenvalue weighted by Crippen LogP contribution is -2.45. The number of carbonyl (C=O) groups is 1. The van der Waals surface area contributed by atoms with E-state index in [0.29, 0.717) is 6.42 Å². The first-order valence-electron chi connectivity index (χ1n) is 14.2. The van der Waals surface area contributed by atoms with E-state index in [0.717, 1.165) is 36.2 Å². The van der Waals surface area contributed by atoms with Gasteiger partial charge in [0.2, 0.25) is 6.29 Å². The van der Waals surface area contributed by atoms with Crippen molar-refractivity contribution in [2.45, 2.75) is 97.8 Å². The summed E-state index contributed by atoms with van der Waals surface area (Å²) in [5, 5.41) is 0. The number of aryl methyl sites for hydroxylation is 1. The van der Waals surface area contributed by atoms with Crippen molar-refractivity contribution < 1.29 is 18.8 Å². The fourth-order valence-corrected chi connectivity index (χ4v) is 4.74. The van der Waals surface area contributed by atoms with E-state index in [4.69, 9.17) is 9.47 Å². The molecular formula is C32H50NO3+. The number of carbonyl (C=O) groups excluding carboxylic acids is 1. The molecule has 2 rings (SSSR count). The van der Waals surface area contributed by atoms with Crippen molar-refractivity contribution in [2.24, 2.45) is 5.92 Å². The number of rotatable bonds is 18. The van der Waals surface area contributed by atoms with Crippen molar-refractivity contribution in [3.05, 3.63) is 65.7 Å². The number of benzene rings is 2. The van der Waals surface area contributed by atoms with Crippen LogP contribution in [0.4, 0.5) is 0 Å². The van der Waals surface area contributed by atoms with Crippen LogP contribution < -0.4 is 4.74 Å². The maximum Gasteiger partial charge on any atom is 0.317 e. The second-order valence-electron chi connectivity index (χ2n) is 10.8. The highest BCUT2D eigenvalue weighted by Crippen LogP contribution is 2.21. The van der Waals surface area contributed by atoms with E-state index < -0.39 is 6.29 Å². The van der Waals surface area contributed by atoms with Gasteiger partial charge in [0.05, 0.1) is 20.6 Å². The molecule has 0 bridgehead atoms.